The first-order valence-electron chi connectivity index (χ1n) is 7.10. The predicted molar refractivity (Wildman–Crippen MR) is 82.6 cm³/mol. The maximum absolute atomic E-state index is 6.03. The lowest BCUT2D eigenvalue weighted by Gasteiger charge is -2.11. The Bertz CT molecular complexity index is 586. The number of aromatic nitrogens is 2. The van der Waals surface area contributed by atoms with Crippen LogP contribution in [-0.2, 0) is 0 Å². The Labute approximate surface area is 129 Å². The number of benzene rings is 1. The average Bonchev–Trinajstić information content (AvgIpc) is 2.97. The van der Waals surface area contributed by atoms with Crippen LogP contribution in [0.1, 0.15) is 38.6 Å². The van der Waals surface area contributed by atoms with E-state index in [1.54, 1.807) is 25.3 Å². The van der Waals surface area contributed by atoms with Crippen molar-refractivity contribution in [3.63, 3.8) is 0 Å². The highest BCUT2D eigenvalue weighted by molar-refractivity contribution is 6.30. The Hall–Kier alpha value is -1.59. The second kappa shape index (κ2) is 7.43. The van der Waals surface area contributed by atoms with Crippen molar-refractivity contribution in [1.29, 1.82) is 0 Å². The molecular weight excluding hydrogens is 290 g/mol. The van der Waals surface area contributed by atoms with E-state index < -0.39 is 0 Å². The van der Waals surface area contributed by atoms with Crippen LogP contribution in [-0.4, -0.2) is 23.9 Å². The summed E-state index contributed by atoms with van der Waals surface area (Å²) >= 11 is 6.03. The van der Waals surface area contributed by atoms with Crippen molar-refractivity contribution in [2.45, 2.75) is 32.7 Å². The third-order valence-corrected chi connectivity index (χ3v) is 3.41. The van der Waals surface area contributed by atoms with E-state index in [1.807, 2.05) is 0 Å². The number of ether oxygens (including phenoxy) is 1. The van der Waals surface area contributed by atoms with E-state index in [-0.39, 0.29) is 6.04 Å². The molecule has 1 unspecified atom stereocenters. The van der Waals surface area contributed by atoms with Gasteiger partial charge in [-0.1, -0.05) is 25.4 Å². The number of nitrogens with one attached hydrogen (secondary N) is 1. The molecule has 0 radical (unpaired) electrons. The van der Waals surface area contributed by atoms with Crippen molar-refractivity contribution in [3.8, 4) is 17.2 Å². The summed E-state index contributed by atoms with van der Waals surface area (Å²) in [4.78, 5) is 0. The lowest BCUT2D eigenvalue weighted by atomic mass is 10.2. The highest BCUT2D eigenvalue weighted by atomic mass is 35.5. The largest absolute Gasteiger partial charge is 0.496 e. The fraction of sp³-hybridized carbons (Fsp3) is 0.467. The molecule has 0 spiro atoms. The maximum Gasteiger partial charge on any atom is 0.251 e. The number of halogens is 1. The summed E-state index contributed by atoms with van der Waals surface area (Å²) in [5.74, 6) is 1.66. The molecule has 0 bridgehead atoms. The lowest BCUT2D eigenvalue weighted by molar-refractivity contribution is 0.391. The van der Waals surface area contributed by atoms with Gasteiger partial charge in [0, 0.05) is 5.02 Å². The van der Waals surface area contributed by atoms with Crippen LogP contribution in [0.5, 0.6) is 5.75 Å². The molecule has 21 heavy (non-hydrogen) atoms. The minimum Gasteiger partial charge on any atom is -0.496 e. The molecule has 114 valence electrons. The van der Waals surface area contributed by atoms with E-state index in [9.17, 15) is 0 Å². The Kier molecular flexibility index (Phi) is 5.59. The smallest absolute Gasteiger partial charge is 0.251 e. The fourth-order valence-corrected chi connectivity index (χ4v) is 2.23. The summed E-state index contributed by atoms with van der Waals surface area (Å²) in [5.41, 5.74) is 0.703. The molecule has 0 amide bonds. The summed E-state index contributed by atoms with van der Waals surface area (Å²) in [6.45, 7) is 5.11. The van der Waals surface area contributed by atoms with Gasteiger partial charge >= 0.3 is 0 Å². The van der Waals surface area contributed by atoms with Gasteiger partial charge in [-0.3, -0.25) is 0 Å². The number of hydrogen-bond acceptors (Lipinski definition) is 5. The van der Waals surface area contributed by atoms with E-state index in [0.29, 0.717) is 28.1 Å². The quantitative estimate of drug-likeness (QED) is 0.841. The molecule has 0 aliphatic carbocycles. The summed E-state index contributed by atoms with van der Waals surface area (Å²) in [7, 11) is 1.60. The average molecular weight is 310 g/mol. The summed E-state index contributed by atoms with van der Waals surface area (Å²) < 4.78 is 11.1. The first-order chi connectivity index (χ1) is 10.2. The molecule has 6 heteroatoms. The second-order valence-corrected chi connectivity index (χ2v) is 5.14. The van der Waals surface area contributed by atoms with E-state index >= 15 is 0 Å². The molecule has 1 N–H and O–H groups in total. The Balaban J connectivity index is 2.28. The minimum atomic E-state index is 0.0661. The first kappa shape index (κ1) is 15.8. The van der Waals surface area contributed by atoms with Crippen LogP contribution < -0.4 is 10.1 Å². The Morgan fingerprint density at radius 3 is 2.81 bits per heavy atom. The molecular formula is C15H20ClN3O2. The monoisotopic (exact) mass is 309 g/mol. The molecule has 1 heterocycles. The van der Waals surface area contributed by atoms with E-state index in [1.165, 1.54) is 0 Å². The molecule has 0 fully saturated rings. The molecule has 2 aromatic rings. The van der Waals surface area contributed by atoms with Gasteiger partial charge in [-0.05, 0) is 37.6 Å². The third kappa shape index (κ3) is 3.74. The molecule has 2 rings (SSSR count). The third-order valence-electron chi connectivity index (χ3n) is 3.18. The van der Waals surface area contributed by atoms with E-state index in [0.717, 1.165) is 19.4 Å². The summed E-state index contributed by atoms with van der Waals surface area (Å²) in [6, 6.07) is 5.38. The van der Waals surface area contributed by atoms with E-state index in [4.69, 9.17) is 20.8 Å². The van der Waals surface area contributed by atoms with Gasteiger partial charge in [0.15, 0.2) is 0 Å². The number of nitrogens with zero attached hydrogens (tertiary/aromatic N) is 2. The van der Waals surface area contributed by atoms with Crippen molar-refractivity contribution in [2.75, 3.05) is 13.7 Å². The minimum absolute atomic E-state index is 0.0661. The van der Waals surface area contributed by atoms with Crippen molar-refractivity contribution >= 4 is 11.6 Å². The highest BCUT2D eigenvalue weighted by Gasteiger charge is 2.19. The zero-order chi connectivity index (χ0) is 15.2. The predicted octanol–water partition coefficient (Wildman–Crippen LogP) is 3.85. The molecule has 1 aromatic heterocycles. The number of hydrogen-bond donors (Lipinski definition) is 1. The Morgan fingerprint density at radius 1 is 1.33 bits per heavy atom. The fourth-order valence-electron chi connectivity index (χ4n) is 2.06. The summed E-state index contributed by atoms with van der Waals surface area (Å²) in [6.07, 6.45) is 1.94. The van der Waals surface area contributed by atoms with Gasteiger partial charge in [0.2, 0.25) is 5.89 Å². The maximum atomic E-state index is 6.03. The van der Waals surface area contributed by atoms with Gasteiger partial charge in [0.05, 0.1) is 18.7 Å². The van der Waals surface area contributed by atoms with Crippen LogP contribution in [0.15, 0.2) is 22.6 Å². The zero-order valence-electron chi connectivity index (χ0n) is 12.5. The molecule has 0 aliphatic rings. The van der Waals surface area contributed by atoms with Crippen LogP contribution in [0.25, 0.3) is 11.5 Å². The molecule has 1 atom stereocenters. The molecule has 0 saturated carbocycles. The van der Waals surface area contributed by atoms with Gasteiger partial charge in [-0.15, -0.1) is 10.2 Å². The van der Waals surface area contributed by atoms with Crippen LogP contribution in [0, 0.1) is 0 Å². The van der Waals surface area contributed by atoms with Gasteiger partial charge in [-0.25, -0.2) is 0 Å². The topological polar surface area (TPSA) is 60.2 Å². The SMILES string of the molecule is CCCNC(CC)c1nnc(-c2cc(Cl)ccc2OC)o1. The molecule has 0 aliphatic heterocycles. The van der Waals surface area contributed by atoms with Crippen LogP contribution in [0.4, 0.5) is 0 Å². The van der Waals surface area contributed by atoms with Crippen molar-refractivity contribution in [1.82, 2.24) is 15.5 Å². The number of rotatable bonds is 7. The van der Waals surface area contributed by atoms with Crippen LogP contribution in [0.3, 0.4) is 0 Å². The second-order valence-electron chi connectivity index (χ2n) is 4.71. The highest BCUT2D eigenvalue weighted by Crippen LogP contribution is 2.32. The van der Waals surface area contributed by atoms with Crippen LogP contribution in [0.2, 0.25) is 5.02 Å². The molecule has 1 aromatic carbocycles. The van der Waals surface area contributed by atoms with Gasteiger partial charge in [0.25, 0.3) is 5.89 Å². The summed E-state index contributed by atoms with van der Waals surface area (Å²) in [5, 5.41) is 12.2. The molecule has 5 nitrogen and oxygen atoms in total. The van der Waals surface area contributed by atoms with Gasteiger partial charge in [0.1, 0.15) is 5.75 Å². The van der Waals surface area contributed by atoms with E-state index in [2.05, 4.69) is 29.4 Å². The lowest BCUT2D eigenvalue weighted by Crippen LogP contribution is -2.21. The van der Waals surface area contributed by atoms with Gasteiger partial charge in [-0.2, -0.15) is 0 Å². The molecule has 0 saturated heterocycles. The van der Waals surface area contributed by atoms with Crippen LogP contribution >= 0.6 is 11.6 Å². The number of methoxy groups -OCH3 is 1. The standard InChI is InChI=1S/C15H20ClN3O2/c1-4-8-17-12(5-2)15-19-18-14(21-15)11-9-10(16)6-7-13(11)20-3/h6-7,9,12,17H,4-5,8H2,1-3H3. The van der Waals surface area contributed by atoms with Crippen molar-refractivity contribution in [2.24, 2.45) is 0 Å². The first-order valence-corrected chi connectivity index (χ1v) is 7.48. The normalized spacial score (nSPS) is 12.4. The van der Waals surface area contributed by atoms with Crippen molar-refractivity contribution in [3.05, 3.63) is 29.1 Å². The Morgan fingerprint density at radius 2 is 2.14 bits per heavy atom. The zero-order valence-corrected chi connectivity index (χ0v) is 13.3. The van der Waals surface area contributed by atoms with Crippen molar-refractivity contribution < 1.29 is 9.15 Å². The van der Waals surface area contributed by atoms with Gasteiger partial charge < -0.3 is 14.5 Å².